The molecule has 1 heteroatoms. The summed E-state index contributed by atoms with van der Waals surface area (Å²) < 4.78 is 0. The fourth-order valence-corrected chi connectivity index (χ4v) is 0. The van der Waals surface area contributed by atoms with Gasteiger partial charge in [-0.1, -0.05) is 0 Å². The molecule has 0 heterocycles. The molecule has 0 saturated carbocycles. The van der Waals surface area contributed by atoms with Gasteiger partial charge in [-0.05, 0) is 0 Å². The molecular formula is C5H15Ru+. The molecule has 0 spiro atoms. The summed E-state index contributed by atoms with van der Waals surface area (Å²) in [4.78, 5) is 0. The van der Waals surface area contributed by atoms with Crippen molar-refractivity contribution in [3.63, 3.8) is 0 Å². The molecule has 0 atom stereocenters. The smallest absolute Gasteiger partial charge is 0.358 e. The molecule has 42 valence electrons. The van der Waals surface area contributed by atoms with E-state index in [-0.39, 0.29) is 56.6 Å². The van der Waals surface area contributed by atoms with E-state index in [1.54, 1.807) is 0 Å². The van der Waals surface area contributed by atoms with Gasteiger partial charge in [-0.2, -0.15) is 0 Å². The van der Waals surface area contributed by atoms with Gasteiger partial charge in [0.2, 0.25) is 0 Å². The Bertz CT molecular complexity index is 3.90. The Kier molecular flexibility index (Phi) is 27800. The van der Waals surface area contributed by atoms with Gasteiger partial charge in [0.25, 0.3) is 0 Å². The molecule has 0 nitrogen and oxygen atoms in total. The van der Waals surface area contributed by atoms with Crippen molar-refractivity contribution in [3.8, 4) is 0 Å². The van der Waals surface area contributed by atoms with Gasteiger partial charge in [0.15, 0.2) is 0 Å². The van der Waals surface area contributed by atoms with Gasteiger partial charge in [0, 0.05) is 0 Å². The molecule has 0 rings (SSSR count). The van der Waals surface area contributed by atoms with Crippen molar-refractivity contribution in [2.45, 2.75) is 0 Å². The molecule has 0 aromatic rings. The van der Waals surface area contributed by atoms with E-state index < -0.39 is 0 Å². The van der Waals surface area contributed by atoms with E-state index in [9.17, 15) is 0 Å². The maximum atomic E-state index is 0. The van der Waals surface area contributed by atoms with Gasteiger partial charge in [-0.25, -0.2) is 0 Å². The summed E-state index contributed by atoms with van der Waals surface area (Å²) >= 11 is 0. The molecule has 0 aliphatic heterocycles. The van der Waals surface area contributed by atoms with E-state index in [4.69, 9.17) is 0 Å². The largest absolute Gasteiger partial charge is 6.00 e. The van der Waals surface area contributed by atoms with E-state index in [2.05, 4.69) is 0 Å². The van der Waals surface area contributed by atoms with Gasteiger partial charge in [0.1, 0.15) is 0 Å². The summed E-state index contributed by atoms with van der Waals surface area (Å²) in [5, 5.41) is 0. The zero-order chi connectivity index (χ0) is 0. The van der Waals surface area contributed by atoms with Crippen molar-refractivity contribution >= 4 is 0 Å². The molecule has 0 aliphatic carbocycles. The Morgan fingerprint density at radius 2 is 0.333 bits per heavy atom. The molecule has 0 amide bonds. The van der Waals surface area contributed by atoms with Gasteiger partial charge in [0.05, 0.1) is 0 Å². The third-order valence-corrected chi connectivity index (χ3v) is 0. The van der Waals surface area contributed by atoms with Crippen LogP contribution in [0.15, 0.2) is 0 Å². The average Bonchev–Trinajstić information content (AvgIpc) is 0. The molecule has 0 aromatic carbocycles. The van der Waals surface area contributed by atoms with Crippen LogP contribution in [0.2, 0.25) is 0 Å². The maximum absolute atomic E-state index is 0. The van der Waals surface area contributed by atoms with Crippen molar-refractivity contribution in [2.24, 2.45) is 0 Å². The summed E-state index contributed by atoms with van der Waals surface area (Å²) in [6, 6.07) is 0. The van der Waals surface area contributed by atoms with Crippen LogP contribution >= 0.6 is 0 Å². The van der Waals surface area contributed by atoms with E-state index in [1.165, 1.54) is 0 Å². The summed E-state index contributed by atoms with van der Waals surface area (Å²) in [6.07, 6.45) is 0. The third kappa shape index (κ3) is 156. The Morgan fingerprint density at radius 1 is 0.333 bits per heavy atom. The van der Waals surface area contributed by atoms with Gasteiger partial charge in [-0.15, -0.1) is 0 Å². The number of hydrogen-bond donors (Lipinski definition) is 0. The summed E-state index contributed by atoms with van der Waals surface area (Å²) in [7, 11) is 0. The van der Waals surface area contributed by atoms with Crippen molar-refractivity contribution in [3.05, 3.63) is 37.1 Å². The average molecular weight is 176 g/mol. The van der Waals surface area contributed by atoms with Crippen LogP contribution in [0.1, 0.15) is 0 Å². The minimum atomic E-state index is 0. The van der Waals surface area contributed by atoms with Crippen molar-refractivity contribution in [1.82, 2.24) is 0 Å². The first kappa shape index (κ1) is 539. The summed E-state index contributed by atoms with van der Waals surface area (Å²) in [6.45, 7) is 0. The van der Waals surface area contributed by atoms with Gasteiger partial charge < -0.3 is 37.1 Å². The first-order valence-electron chi connectivity index (χ1n) is 0. The second-order valence-corrected chi connectivity index (χ2v) is 0. The fraction of sp³-hybridized carbons (Fsp3) is 0. The third-order valence-electron chi connectivity index (χ3n) is 0. The Balaban J connectivity index is 0. The first-order chi connectivity index (χ1) is 0. The summed E-state index contributed by atoms with van der Waals surface area (Å²) in [5.41, 5.74) is 0. The molecule has 0 fully saturated rings. The van der Waals surface area contributed by atoms with E-state index >= 15 is 0 Å². The molecule has 0 aromatic heterocycles. The zero-order valence-corrected chi connectivity index (χ0v) is 7.09. The molecule has 0 aliphatic rings. The first-order valence-corrected chi connectivity index (χ1v) is 0. The molecule has 6 heavy (non-hydrogen) atoms. The van der Waals surface area contributed by atoms with E-state index in [0.717, 1.165) is 0 Å². The molecule has 0 radical (unpaired) electrons. The van der Waals surface area contributed by atoms with Crippen LogP contribution < -0.4 is 0 Å². The standard InChI is InChI=1S/5CH3.Ru/h5*1H3;/q5*-1;+6. The predicted octanol–water partition coefficient (Wildman–Crippen LogP) is 2.25. The maximum Gasteiger partial charge on any atom is 6.00 e. The Morgan fingerprint density at radius 3 is 0.333 bits per heavy atom. The quantitative estimate of drug-likeness (QED) is 0.392. The molecular weight excluding hydrogens is 161 g/mol. The van der Waals surface area contributed by atoms with Crippen LogP contribution in [0, 0.1) is 37.1 Å². The second kappa shape index (κ2) is 309. The predicted molar refractivity (Wildman–Crippen MR) is 32.1 cm³/mol. The van der Waals surface area contributed by atoms with Gasteiger partial charge >= 0.3 is 19.5 Å². The molecule has 0 saturated heterocycles. The monoisotopic (exact) mass is 177 g/mol. The summed E-state index contributed by atoms with van der Waals surface area (Å²) in [5.74, 6) is 0. The van der Waals surface area contributed by atoms with Crippen LogP contribution in [0.4, 0.5) is 0 Å². The van der Waals surface area contributed by atoms with Crippen LogP contribution in [-0.4, -0.2) is 0 Å². The molecule has 0 N–H and O–H groups in total. The minimum absolute atomic E-state index is 0. The van der Waals surface area contributed by atoms with Gasteiger partial charge in [-0.3, -0.25) is 0 Å². The van der Waals surface area contributed by atoms with Crippen molar-refractivity contribution < 1.29 is 19.5 Å². The number of rotatable bonds is 0. The van der Waals surface area contributed by atoms with Crippen LogP contribution in [-0.2, 0) is 19.5 Å². The second-order valence-electron chi connectivity index (χ2n) is 0. The number of hydrogen-bond acceptors (Lipinski definition) is 0. The van der Waals surface area contributed by atoms with Crippen LogP contribution in [0.5, 0.6) is 0 Å². The zero-order valence-electron chi connectivity index (χ0n) is 5.35. The normalized spacial score (nSPS) is 0. The van der Waals surface area contributed by atoms with E-state index in [0.29, 0.717) is 0 Å². The SMILES string of the molecule is [CH3-].[CH3-].[CH3-].[CH3-].[CH3-].[Ru+6]. The molecule has 0 bridgehead atoms. The Labute approximate surface area is 57.1 Å². The van der Waals surface area contributed by atoms with E-state index in [1.807, 2.05) is 0 Å². The molecule has 0 unspecified atom stereocenters. The Hall–Kier alpha value is 0.623. The topological polar surface area (TPSA) is 0 Å². The minimum Gasteiger partial charge on any atom is -0.358 e. The van der Waals surface area contributed by atoms with Crippen LogP contribution in [0.3, 0.4) is 0 Å². The van der Waals surface area contributed by atoms with Crippen molar-refractivity contribution in [2.75, 3.05) is 0 Å². The van der Waals surface area contributed by atoms with Crippen LogP contribution in [0.25, 0.3) is 0 Å². The fourth-order valence-electron chi connectivity index (χ4n) is 0. The van der Waals surface area contributed by atoms with Crippen molar-refractivity contribution in [1.29, 1.82) is 0 Å².